The van der Waals surface area contributed by atoms with E-state index in [0.29, 0.717) is 27.4 Å². The normalized spacial score (nSPS) is 19.6. The Kier molecular flexibility index (Phi) is 7.51. The number of hydrogen-bond donors (Lipinski definition) is 1. The molecule has 0 unspecified atom stereocenters. The SMILES string of the molecule is Cc1c(C#N)c(=O)n([C@H](C)c2ccc(Cl)cc2Cl)c2cc(N3CC([C@H]4CCCN(CCO)C4)C3)ccc12. The molecule has 2 fully saturated rings. The van der Waals surface area contributed by atoms with E-state index in [4.69, 9.17) is 23.2 Å². The molecule has 2 aliphatic heterocycles. The zero-order chi connectivity index (χ0) is 26.3. The van der Waals surface area contributed by atoms with Crippen LogP contribution >= 0.6 is 23.2 Å². The second-order valence-corrected chi connectivity index (χ2v) is 11.3. The van der Waals surface area contributed by atoms with E-state index in [2.05, 4.69) is 28.0 Å². The summed E-state index contributed by atoms with van der Waals surface area (Å²) in [7, 11) is 0. The monoisotopic (exact) mass is 538 g/mol. The molecule has 1 N–H and O–H groups in total. The lowest BCUT2D eigenvalue weighted by atomic mass is 9.80. The van der Waals surface area contributed by atoms with E-state index >= 15 is 0 Å². The van der Waals surface area contributed by atoms with Crippen LogP contribution in [0.2, 0.25) is 10.0 Å². The molecule has 2 atom stereocenters. The maximum atomic E-state index is 13.6. The van der Waals surface area contributed by atoms with E-state index in [1.807, 2.05) is 26.0 Å². The Morgan fingerprint density at radius 1 is 1.14 bits per heavy atom. The number of β-amino-alcohol motifs (C(OH)–C–C–N with tert-alkyl or cyclic N) is 1. The van der Waals surface area contributed by atoms with Gasteiger partial charge in [-0.25, -0.2) is 0 Å². The van der Waals surface area contributed by atoms with Crippen molar-refractivity contribution in [2.24, 2.45) is 11.8 Å². The van der Waals surface area contributed by atoms with E-state index in [1.54, 1.807) is 16.7 Å². The highest BCUT2D eigenvalue weighted by atomic mass is 35.5. The predicted molar refractivity (Wildman–Crippen MR) is 150 cm³/mol. The first kappa shape index (κ1) is 26.1. The summed E-state index contributed by atoms with van der Waals surface area (Å²) in [5.74, 6) is 1.29. The minimum atomic E-state index is -0.383. The van der Waals surface area contributed by atoms with Gasteiger partial charge in [0.05, 0.1) is 18.2 Å². The van der Waals surface area contributed by atoms with Crippen LogP contribution in [0.5, 0.6) is 0 Å². The Morgan fingerprint density at radius 2 is 1.92 bits per heavy atom. The van der Waals surface area contributed by atoms with Gasteiger partial charge in [0.25, 0.3) is 5.56 Å². The van der Waals surface area contributed by atoms with Gasteiger partial charge in [-0.2, -0.15) is 5.26 Å². The molecule has 3 aromatic rings. The van der Waals surface area contributed by atoms with Crippen LogP contribution in [-0.2, 0) is 0 Å². The molecule has 1 aromatic heterocycles. The minimum Gasteiger partial charge on any atom is -0.395 e. The molecule has 0 amide bonds. The Balaban J connectivity index is 1.49. The molecule has 2 aliphatic rings. The van der Waals surface area contributed by atoms with Gasteiger partial charge in [-0.05, 0) is 80.5 Å². The second-order valence-electron chi connectivity index (χ2n) is 10.4. The van der Waals surface area contributed by atoms with Gasteiger partial charge in [0.1, 0.15) is 11.6 Å². The van der Waals surface area contributed by atoms with Crippen LogP contribution in [0.4, 0.5) is 5.69 Å². The summed E-state index contributed by atoms with van der Waals surface area (Å²) in [6.45, 7) is 8.86. The molecule has 0 spiro atoms. The molecule has 0 bridgehead atoms. The van der Waals surface area contributed by atoms with Crippen LogP contribution in [0.1, 0.15) is 42.5 Å². The van der Waals surface area contributed by atoms with Crippen molar-refractivity contribution in [3.8, 4) is 6.07 Å². The summed E-state index contributed by atoms with van der Waals surface area (Å²) in [6, 6.07) is 13.2. The number of hydrogen-bond acceptors (Lipinski definition) is 5. The van der Waals surface area contributed by atoms with Crippen molar-refractivity contribution >= 4 is 39.8 Å². The maximum absolute atomic E-state index is 13.6. The van der Waals surface area contributed by atoms with Crippen LogP contribution in [0.3, 0.4) is 0 Å². The smallest absolute Gasteiger partial charge is 0.269 e. The van der Waals surface area contributed by atoms with Crippen LogP contribution in [-0.4, -0.2) is 53.9 Å². The first-order valence-electron chi connectivity index (χ1n) is 12.9. The van der Waals surface area contributed by atoms with Crippen molar-refractivity contribution in [2.75, 3.05) is 44.2 Å². The van der Waals surface area contributed by atoms with Crippen LogP contribution in [0, 0.1) is 30.1 Å². The number of pyridine rings is 1. The zero-order valence-electron chi connectivity index (χ0n) is 21.3. The number of benzene rings is 2. The number of rotatable bonds is 6. The molecule has 2 aromatic carbocycles. The summed E-state index contributed by atoms with van der Waals surface area (Å²) < 4.78 is 1.70. The van der Waals surface area contributed by atoms with E-state index in [0.717, 1.165) is 54.9 Å². The van der Waals surface area contributed by atoms with Gasteiger partial charge in [-0.15, -0.1) is 0 Å². The lowest BCUT2D eigenvalue weighted by molar-refractivity contribution is 0.102. The number of aryl methyl sites for hydroxylation is 1. The standard InChI is InChI=1S/C29H32Cl2N4O2/c1-18-24-8-6-23(34-16-21(17-34)20-4-3-9-33(15-20)10-11-36)13-28(24)35(29(37)26(18)14-32)19(2)25-7-5-22(30)12-27(25)31/h5-8,12-13,19-21,36H,3-4,9-11,15-17H2,1-2H3/t19-,20+/m1/s1. The number of nitrogens with zero attached hydrogens (tertiary/aromatic N) is 4. The molecule has 8 heteroatoms. The van der Waals surface area contributed by atoms with E-state index < -0.39 is 0 Å². The summed E-state index contributed by atoms with van der Waals surface area (Å²) in [4.78, 5) is 18.3. The number of aliphatic hydroxyl groups is 1. The lowest BCUT2D eigenvalue weighted by Gasteiger charge is -2.47. The molecule has 194 valence electrons. The average Bonchev–Trinajstić information content (AvgIpc) is 2.84. The van der Waals surface area contributed by atoms with Crippen LogP contribution < -0.4 is 10.5 Å². The highest BCUT2D eigenvalue weighted by molar-refractivity contribution is 6.35. The third kappa shape index (κ3) is 4.86. The topological polar surface area (TPSA) is 72.5 Å². The minimum absolute atomic E-state index is 0.158. The first-order valence-corrected chi connectivity index (χ1v) is 13.7. The van der Waals surface area contributed by atoms with Gasteiger partial charge in [-0.3, -0.25) is 9.36 Å². The molecular formula is C29H32Cl2N4O2. The van der Waals surface area contributed by atoms with E-state index in [9.17, 15) is 15.2 Å². The van der Waals surface area contributed by atoms with Gasteiger partial charge in [0.15, 0.2) is 0 Å². The maximum Gasteiger partial charge on any atom is 0.269 e. The molecular weight excluding hydrogens is 507 g/mol. The Bertz CT molecular complexity index is 1420. The fourth-order valence-corrected chi connectivity index (χ4v) is 6.66. The average molecular weight is 540 g/mol. The molecule has 6 nitrogen and oxygen atoms in total. The number of halogens is 2. The second kappa shape index (κ2) is 10.7. The number of fused-ring (bicyclic) bond motifs is 1. The highest BCUT2D eigenvalue weighted by Gasteiger charge is 2.36. The molecule has 0 radical (unpaired) electrons. The van der Waals surface area contributed by atoms with Gasteiger partial charge in [0, 0.05) is 47.3 Å². The third-order valence-corrected chi connectivity index (χ3v) is 8.83. The summed E-state index contributed by atoms with van der Waals surface area (Å²) in [5.41, 5.74) is 3.21. The highest BCUT2D eigenvalue weighted by Crippen LogP contribution is 2.37. The first-order chi connectivity index (χ1) is 17.8. The number of piperidine rings is 1. The molecule has 5 rings (SSSR count). The molecule has 2 saturated heterocycles. The van der Waals surface area contributed by atoms with Crippen molar-refractivity contribution < 1.29 is 5.11 Å². The quantitative estimate of drug-likeness (QED) is 0.464. The van der Waals surface area contributed by atoms with Crippen molar-refractivity contribution in [3.63, 3.8) is 0 Å². The fourth-order valence-electron chi connectivity index (χ4n) is 6.10. The van der Waals surface area contributed by atoms with Crippen molar-refractivity contribution in [2.45, 2.75) is 32.7 Å². The number of anilines is 1. The molecule has 0 saturated carbocycles. The summed E-state index contributed by atoms with van der Waals surface area (Å²) in [5, 5.41) is 21.0. The number of nitriles is 1. The van der Waals surface area contributed by atoms with Gasteiger partial charge >= 0.3 is 0 Å². The third-order valence-electron chi connectivity index (χ3n) is 8.26. The van der Waals surface area contributed by atoms with Gasteiger partial charge in [-0.1, -0.05) is 35.3 Å². The molecule has 3 heterocycles. The Hall–Kier alpha value is -2.56. The summed E-state index contributed by atoms with van der Waals surface area (Å²) >= 11 is 12.6. The van der Waals surface area contributed by atoms with Crippen LogP contribution in [0.25, 0.3) is 10.9 Å². The van der Waals surface area contributed by atoms with Crippen molar-refractivity contribution in [1.29, 1.82) is 5.26 Å². The van der Waals surface area contributed by atoms with Crippen LogP contribution in [0.15, 0.2) is 41.2 Å². The van der Waals surface area contributed by atoms with Crippen molar-refractivity contribution in [1.82, 2.24) is 9.47 Å². The van der Waals surface area contributed by atoms with Gasteiger partial charge in [0.2, 0.25) is 0 Å². The Labute approximate surface area is 227 Å². The molecule has 37 heavy (non-hydrogen) atoms. The van der Waals surface area contributed by atoms with E-state index in [1.165, 1.54) is 12.8 Å². The predicted octanol–water partition coefficient (Wildman–Crippen LogP) is 5.24. The zero-order valence-corrected chi connectivity index (χ0v) is 22.8. The number of aliphatic hydroxyl groups excluding tert-OH is 1. The number of likely N-dealkylation sites (tertiary alicyclic amines) is 1. The fraction of sp³-hybridized carbons (Fsp3) is 0.448. The lowest BCUT2D eigenvalue weighted by Crippen LogP contribution is -2.53. The van der Waals surface area contributed by atoms with E-state index in [-0.39, 0.29) is 23.8 Å². The molecule has 0 aliphatic carbocycles. The Morgan fingerprint density at radius 3 is 2.62 bits per heavy atom. The van der Waals surface area contributed by atoms with Gasteiger partial charge < -0.3 is 14.9 Å². The summed E-state index contributed by atoms with van der Waals surface area (Å²) in [6.07, 6.45) is 2.43. The largest absolute Gasteiger partial charge is 0.395 e. The number of aromatic nitrogens is 1. The van der Waals surface area contributed by atoms with Crippen molar-refractivity contribution in [3.05, 3.63) is 73.5 Å².